The number of hydrazine groups is 1. The number of aliphatic hydroxyl groups is 1. The number of ether oxygens (including phenoxy) is 3. The number of aliphatic hydroxyl groups excluding tert-OH is 1. The highest BCUT2D eigenvalue weighted by molar-refractivity contribution is 9.10. The zero-order chi connectivity index (χ0) is 32.6. The van der Waals surface area contributed by atoms with Gasteiger partial charge >= 0.3 is 6.36 Å². The van der Waals surface area contributed by atoms with E-state index in [9.17, 15) is 18.0 Å². The van der Waals surface area contributed by atoms with Crippen LogP contribution in [-0.2, 0) is 22.5 Å². The van der Waals surface area contributed by atoms with E-state index in [1.165, 1.54) is 24.3 Å². The van der Waals surface area contributed by atoms with Crippen molar-refractivity contribution in [2.75, 3.05) is 13.2 Å². The number of halogens is 4. The minimum Gasteiger partial charge on any atom is -0.494 e. The molecule has 4 aromatic carbocycles. The first-order chi connectivity index (χ1) is 22.2. The average molecular weight is 699 g/mol. The number of rotatable bonds is 13. The maximum absolute atomic E-state index is 14.3. The minimum atomic E-state index is -4.79. The Kier molecular flexibility index (Phi) is 10.6. The molecule has 2 atom stereocenters. The summed E-state index contributed by atoms with van der Waals surface area (Å²) in [6.07, 6.45) is -4.91. The molecule has 0 spiro atoms. The van der Waals surface area contributed by atoms with Crippen LogP contribution < -0.4 is 20.3 Å². The van der Waals surface area contributed by atoms with Gasteiger partial charge in [0.2, 0.25) is 5.90 Å². The Hall–Kier alpha value is -4.39. The van der Waals surface area contributed by atoms with Crippen LogP contribution in [-0.4, -0.2) is 42.0 Å². The van der Waals surface area contributed by atoms with E-state index in [-0.39, 0.29) is 31.2 Å². The molecule has 0 saturated carbocycles. The van der Waals surface area contributed by atoms with Gasteiger partial charge in [-0.15, -0.1) is 13.2 Å². The van der Waals surface area contributed by atoms with Crippen molar-refractivity contribution in [1.29, 1.82) is 0 Å². The van der Waals surface area contributed by atoms with Crippen LogP contribution in [0, 0.1) is 0 Å². The predicted molar refractivity (Wildman–Crippen MR) is 169 cm³/mol. The summed E-state index contributed by atoms with van der Waals surface area (Å²) in [5.41, 5.74) is 7.04. The minimum absolute atomic E-state index is 0.0311. The summed E-state index contributed by atoms with van der Waals surface area (Å²) in [6.45, 7) is 0.523. The molecular formula is C34H31BrF3N3O5. The number of benzene rings is 4. The molecule has 1 aliphatic heterocycles. The van der Waals surface area contributed by atoms with Crippen LogP contribution in [0.2, 0.25) is 0 Å². The summed E-state index contributed by atoms with van der Waals surface area (Å²) in [4.78, 5) is 19.3. The Labute approximate surface area is 272 Å². The average Bonchev–Trinajstić information content (AvgIpc) is 3.43. The number of hydrogen-bond acceptors (Lipinski definition) is 7. The molecule has 0 fully saturated rings. The number of aliphatic imine (C=N–C) groups is 1. The number of alkyl halides is 3. The monoisotopic (exact) mass is 697 g/mol. The van der Waals surface area contributed by atoms with Crippen LogP contribution in [0.3, 0.4) is 0 Å². The van der Waals surface area contributed by atoms with Crippen LogP contribution in [0.1, 0.15) is 34.8 Å². The summed E-state index contributed by atoms with van der Waals surface area (Å²) < 4.78 is 54.5. The van der Waals surface area contributed by atoms with Crippen LogP contribution >= 0.6 is 15.9 Å². The van der Waals surface area contributed by atoms with Gasteiger partial charge in [-0.1, -0.05) is 76.6 Å². The van der Waals surface area contributed by atoms with Gasteiger partial charge in [0.05, 0.1) is 6.61 Å². The van der Waals surface area contributed by atoms with E-state index in [1.807, 2.05) is 54.6 Å². The molecule has 0 bridgehead atoms. The fourth-order valence-electron chi connectivity index (χ4n) is 4.99. The standard InChI is InChI=1S/C34H31BrF3N3O5/c35-29-10-5-4-9-26(29)21-33(32(43)41-39-22-23-11-15-28(16-12-23)46-34(36,37)38)30(24-7-2-1-3-8-24)45-31(40-33)25-13-17-27(18-14-25)44-20-6-19-42/h1-5,7-18,30,39,42H,6,19-22H2,(H,41,43)/t30-,33-/m0/s1. The highest BCUT2D eigenvalue weighted by atomic mass is 79.9. The Bertz CT molecular complexity index is 1640. The first-order valence-electron chi connectivity index (χ1n) is 14.4. The van der Waals surface area contributed by atoms with E-state index in [2.05, 4.69) is 31.5 Å². The number of amides is 1. The highest BCUT2D eigenvalue weighted by Gasteiger charge is 2.53. The van der Waals surface area contributed by atoms with Gasteiger partial charge in [0.25, 0.3) is 5.91 Å². The van der Waals surface area contributed by atoms with Gasteiger partial charge < -0.3 is 19.3 Å². The molecule has 240 valence electrons. The number of carbonyl (C=O) groups is 1. The maximum atomic E-state index is 14.3. The van der Waals surface area contributed by atoms with E-state index in [4.69, 9.17) is 19.6 Å². The SMILES string of the molecule is O=C(NNCc1ccc(OC(F)(F)F)cc1)[C@@]1(Cc2ccccc2Br)N=C(c2ccc(OCCCO)cc2)O[C@H]1c1ccccc1. The summed E-state index contributed by atoms with van der Waals surface area (Å²) in [5.74, 6) is 0.0919. The Balaban J connectivity index is 1.44. The van der Waals surface area contributed by atoms with Gasteiger partial charge in [-0.2, -0.15) is 0 Å². The fraction of sp³-hybridized carbons (Fsp3) is 0.235. The molecule has 0 radical (unpaired) electrons. The normalized spacial score (nSPS) is 17.6. The molecule has 0 aromatic heterocycles. The number of hydrogen-bond donors (Lipinski definition) is 3. The smallest absolute Gasteiger partial charge is 0.494 e. The molecule has 12 heteroatoms. The van der Waals surface area contributed by atoms with Crippen LogP contribution in [0.25, 0.3) is 0 Å². The van der Waals surface area contributed by atoms with Gasteiger partial charge in [0.15, 0.2) is 11.6 Å². The summed E-state index contributed by atoms with van der Waals surface area (Å²) in [6, 6.07) is 29.4. The quantitative estimate of drug-likeness (QED) is 0.110. The van der Waals surface area contributed by atoms with E-state index in [0.29, 0.717) is 29.9 Å². The predicted octanol–water partition coefficient (Wildman–Crippen LogP) is 6.43. The van der Waals surface area contributed by atoms with Gasteiger partial charge in [-0.3, -0.25) is 10.2 Å². The van der Waals surface area contributed by atoms with Gasteiger partial charge in [0, 0.05) is 36.0 Å². The van der Waals surface area contributed by atoms with Crippen LogP contribution in [0.15, 0.2) is 113 Å². The molecule has 0 saturated heterocycles. The molecular weight excluding hydrogens is 667 g/mol. The zero-order valence-corrected chi connectivity index (χ0v) is 26.1. The second-order valence-electron chi connectivity index (χ2n) is 10.5. The lowest BCUT2D eigenvalue weighted by atomic mass is 9.82. The highest BCUT2D eigenvalue weighted by Crippen LogP contribution is 2.43. The van der Waals surface area contributed by atoms with Gasteiger partial charge in [-0.05, 0) is 59.2 Å². The van der Waals surface area contributed by atoms with Crippen molar-refractivity contribution in [1.82, 2.24) is 10.9 Å². The van der Waals surface area contributed by atoms with Crippen molar-refractivity contribution >= 4 is 27.7 Å². The summed E-state index contributed by atoms with van der Waals surface area (Å²) in [7, 11) is 0. The van der Waals surface area contributed by atoms with E-state index >= 15 is 0 Å². The lowest BCUT2D eigenvalue weighted by Crippen LogP contribution is -2.53. The maximum Gasteiger partial charge on any atom is 0.573 e. The second-order valence-corrected chi connectivity index (χ2v) is 11.3. The van der Waals surface area contributed by atoms with Crippen LogP contribution in [0.5, 0.6) is 11.5 Å². The molecule has 5 rings (SSSR count). The lowest BCUT2D eigenvalue weighted by molar-refractivity contribution is -0.274. The van der Waals surface area contributed by atoms with Crippen molar-refractivity contribution in [2.45, 2.75) is 37.4 Å². The van der Waals surface area contributed by atoms with Crippen molar-refractivity contribution in [2.24, 2.45) is 4.99 Å². The molecule has 4 aromatic rings. The molecule has 3 N–H and O–H groups in total. The molecule has 46 heavy (non-hydrogen) atoms. The topological polar surface area (TPSA) is 101 Å². The molecule has 1 amide bonds. The van der Waals surface area contributed by atoms with Crippen molar-refractivity contribution < 1.29 is 37.3 Å². The lowest BCUT2D eigenvalue weighted by Gasteiger charge is -2.31. The molecule has 0 aliphatic carbocycles. The van der Waals surface area contributed by atoms with E-state index in [1.54, 1.807) is 24.3 Å². The Morgan fingerprint density at radius 3 is 2.28 bits per heavy atom. The third-order valence-electron chi connectivity index (χ3n) is 7.20. The Morgan fingerprint density at radius 2 is 1.61 bits per heavy atom. The molecule has 1 aliphatic rings. The Morgan fingerprint density at radius 1 is 0.935 bits per heavy atom. The third-order valence-corrected chi connectivity index (χ3v) is 7.98. The molecule has 1 heterocycles. The van der Waals surface area contributed by atoms with Crippen LogP contribution in [0.4, 0.5) is 13.2 Å². The number of nitrogens with one attached hydrogen (secondary N) is 2. The first kappa shape index (κ1) is 33.0. The number of nitrogens with zero attached hydrogens (tertiary/aromatic N) is 1. The van der Waals surface area contributed by atoms with Gasteiger partial charge in [0.1, 0.15) is 11.5 Å². The second kappa shape index (κ2) is 14.8. The third kappa shape index (κ3) is 8.25. The zero-order valence-electron chi connectivity index (χ0n) is 24.5. The van der Waals surface area contributed by atoms with E-state index in [0.717, 1.165) is 15.6 Å². The van der Waals surface area contributed by atoms with Crippen molar-refractivity contribution in [3.05, 3.63) is 130 Å². The summed E-state index contributed by atoms with van der Waals surface area (Å²) in [5, 5.41) is 9.03. The van der Waals surface area contributed by atoms with Crippen molar-refractivity contribution in [3.8, 4) is 11.5 Å². The first-order valence-corrected chi connectivity index (χ1v) is 15.2. The number of carbonyl (C=O) groups excluding carboxylic acids is 1. The molecule has 0 unspecified atom stereocenters. The molecule has 8 nitrogen and oxygen atoms in total. The van der Waals surface area contributed by atoms with Gasteiger partial charge in [-0.25, -0.2) is 10.4 Å². The van der Waals surface area contributed by atoms with E-state index < -0.39 is 23.9 Å². The largest absolute Gasteiger partial charge is 0.573 e. The van der Waals surface area contributed by atoms with Crippen molar-refractivity contribution in [3.63, 3.8) is 0 Å². The summed E-state index contributed by atoms with van der Waals surface area (Å²) >= 11 is 3.61. The fourth-order valence-corrected chi connectivity index (χ4v) is 5.41.